The van der Waals surface area contributed by atoms with Gasteiger partial charge in [0.2, 0.25) is 0 Å². The van der Waals surface area contributed by atoms with Gasteiger partial charge in [0.05, 0.1) is 0 Å². The normalized spacial score (nSPS) is 19.4. The molecule has 1 aliphatic carbocycles. The number of hydrogen-bond donors (Lipinski definition) is 2. The Bertz CT molecular complexity index is 427. The van der Waals surface area contributed by atoms with Gasteiger partial charge in [-0.3, -0.25) is 0 Å². The Labute approximate surface area is 111 Å². The number of rotatable bonds is 4. The van der Waals surface area contributed by atoms with Crippen molar-refractivity contribution >= 4 is 0 Å². The van der Waals surface area contributed by atoms with Gasteiger partial charge in [0.15, 0.2) is 0 Å². The summed E-state index contributed by atoms with van der Waals surface area (Å²) in [5.74, 6) is 0. The summed E-state index contributed by atoms with van der Waals surface area (Å²) in [6.45, 7) is 7.43. The molecular weight excluding hydrogens is 220 g/mol. The van der Waals surface area contributed by atoms with Crippen LogP contribution in [-0.2, 0) is 0 Å². The van der Waals surface area contributed by atoms with Gasteiger partial charge in [-0.25, -0.2) is 0 Å². The molecule has 0 heterocycles. The van der Waals surface area contributed by atoms with Crippen LogP contribution in [0.2, 0.25) is 0 Å². The van der Waals surface area contributed by atoms with E-state index in [9.17, 15) is 0 Å². The Morgan fingerprint density at radius 3 is 2.33 bits per heavy atom. The lowest BCUT2D eigenvalue weighted by molar-refractivity contribution is 0.0876. The molecule has 1 aromatic carbocycles. The molecule has 1 unspecified atom stereocenters. The lowest BCUT2D eigenvalue weighted by Gasteiger charge is -2.48. The van der Waals surface area contributed by atoms with Gasteiger partial charge in [0, 0.05) is 11.5 Å². The first-order valence-corrected chi connectivity index (χ1v) is 7.00. The maximum Gasteiger partial charge on any atom is 0.0389 e. The van der Waals surface area contributed by atoms with Crippen LogP contribution in [0.1, 0.15) is 47.6 Å². The number of hydrogen-bond acceptors (Lipinski definition) is 2. The number of nitrogens with two attached hydrogens (primary N) is 1. The van der Waals surface area contributed by atoms with Crippen LogP contribution in [0.25, 0.3) is 0 Å². The van der Waals surface area contributed by atoms with E-state index in [-0.39, 0.29) is 5.41 Å². The SMILES string of the molecule is CNC(c1ccc(C)c(C)c1C)C1(CN)CCC1. The van der Waals surface area contributed by atoms with E-state index < -0.39 is 0 Å². The van der Waals surface area contributed by atoms with E-state index in [0.29, 0.717) is 6.04 Å². The summed E-state index contributed by atoms with van der Waals surface area (Å²) in [5, 5.41) is 3.52. The van der Waals surface area contributed by atoms with Gasteiger partial charge < -0.3 is 11.1 Å². The summed E-state index contributed by atoms with van der Waals surface area (Å²) in [6, 6.07) is 4.93. The molecule has 100 valence electrons. The first-order chi connectivity index (χ1) is 8.55. The summed E-state index contributed by atoms with van der Waals surface area (Å²) in [4.78, 5) is 0. The minimum atomic E-state index is 0.279. The molecule has 1 saturated carbocycles. The van der Waals surface area contributed by atoms with E-state index in [0.717, 1.165) is 6.54 Å². The third-order valence-corrected chi connectivity index (χ3v) is 5.07. The minimum absolute atomic E-state index is 0.279. The molecule has 2 rings (SSSR count). The van der Waals surface area contributed by atoms with Crippen LogP contribution >= 0.6 is 0 Å². The van der Waals surface area contributed by atoms with Gasteiger partial charge in [-0.2, -0.15) is 0 Å². The molecule has 0 aromatic heterocycles. The molecule has 3 N–H and O–H groups in total. The Morgan fingerprint density at radius 2 is 1.89 bits per heavy atom. The summed E-state index contributed by atoms with van der Waals surface area (Å²) < 4.78 is 0. The van der Waals surface area contributed by atoms with E-state index in [2.05, 4.69) is 45.3 Å². The molecule has 1 fully saturated rings. The van der Waals surface area contributed by atoms with Gasteiger partial charge in [-0.15, -0.1) is 0 Å². The molecule has 0 spiro atoms. The second kappa shape index (κ2) is 5.02. The molecular formula is C16H26N2. The van der Waals surface area contributed by atoms with Gasteiger partial charge in [-0.05, 0) is 69.5 Å². The van der Waals surface area contributed by atoms with Gasteiger partial charge in [0.25, 0.3) is 0 Å². The predicted molar refractivity (Wildman–Crippen MR) is 77.8 cm³/mol. The van der Waals surface area contributed by atoms with Crippen molar-refractivity contribution in [3.63, 3.8) is 0 Å². The fourth-order valence-electron chi connectivity index (χ4n) is 3.32. The summed E-state index contributed by atoms with van der Waals surface area (Å²) in [7, 11) is 2.06. The zero-order chi connectivity index (χ0) is 13.3. The monoisotopic (exact) mass is 246 g/mol. The smallest absolute Gasteiger partial charge is 0.0389 e. The van der Waals surface area contributed by atoms with E-state index in [1.165, 1.54) is 41.5 Å². The minimum Gasteiger partial charge on any atom is -0.330 e. The Hall–Kier alpha value is -0.860. The van der Waals surface area contributed by atoms with E-state index in [1.807, 2.05) is 0 Å². The van der Waals surface area contributed by atoms with Crippen molar-refractivity contribution in [2.45, 2.75) is 46.1 Å². The topological polar surface area (TPSA) is 38.0 Å². The number of aryl methyl sites for hydroxylation is 1. The standard InChI is InChI=1S/C16H26N2/c1-11-6-7-14(13(3)12(11)2)15(18-4)16(10-17)8-5-9-16/h6-7,15,18H,5,8-10,17H2,1-4H3. The number of benzene rings is 1. The van der Waals surface area contributed by atoms with Crippen LogP contribution < -0.4 is 11.1 Å². The van der Waals surface area contributed by atoms with Crippen LogP contribution in [0.15, 0.2) is 12.1 Å². The fraction of sp³-hybridized carbons (Fsp3) is 0.625. The third-order valence-electron chi connectivity index (χ3n) is 5.07. The lowest BCUT2D eigenvalue weighted by atomic mass is 9.62. The van der Waals surface area contributed by atoms with Crippen molar-refractivity contribution in [1.29, 1.82) is 0 Å². The molecule has 1 aromatic rings. The Balaban J connectivity index is 2.42. The molecule has 2 nitrogen and oxygen atoms in total. The lowest BCUT2D eigenvalue weighted by Crippen LogP contribution is -2.47. The first kappa shape index (κ1) is 13.6. The zero-order valence-corrected chi connectivity index (χ0v) is 12.1. The quantitative estimate of drug-likeness (QED) is 0.857. The fourth-order valence-corrected chi connectivity index (χ4v) is 3.32. The van der Waals surface area contributed by atoms with Crippen molar-refractivity contribution in [2.24, 2.45) is 11.1 Å². The highest BCUT2D eigenvalue weighted by atomic mass is 14.9. The zero-order valence-electron chi connectivity index (χ0n) is 12.1. The number of nitrogens with one attached hydrogen (secondary N) is 1. The summed E-state index contributed by atoms with van der Waals surface area (Å²) in [5.41, 5.74) is 12.0. The Kier molecular flexibility index (Phi) is 3.79. The largest absolute Gasteiger partial charge is 0.330 e. The van der Waals surface area contributed by atoms with Crippen molar-refractivity contribution in [1.82, 2.24) is 5.32 Å². The maximum atomic E-state index is 6.06. The van der Waals surface area contributed by atoms with Crippen LogP contribution in [0.4, 0.5) is 0 Å². The molecule has 0 aliphatic heterocycles. The molecule has 0 saturated heterocycles. The average molecular weight is 246 g/mol. The van der Waals surface area contributed by atoms with E-state index in [4.69, 9.17) is 5.73 Å². The molecule has 18 heavy (non-hydrogen) atoms. The first-order valence-electron chi connectivity index (χ1n) is 7.00. The average Bonchev–Trinajstić information content (AvgIpc) is 2.32. The van der Waals surface area contributed by atoms with E-state index >= 15 is 0 Å². The Morgan fingerprint density at radius 1 is 1.22 bits per heavy atom. The van der Waals surface area contributed by atoms with Gasteiger partial charge in [-0.1, -0.05) is 18.6 Å². The van der Waals surface area contributed by atoms with Crippen molar-refractivity contribution in [3.8, 4) is 0 Å². The summed E-state index contributed by atoms with van der Waals surface area (Å²) >= 11 is 0. The second-order valence-electron chi connectivity index (χ2n) is 5.86. The van der Waals surface area contributed by atoms with Crippen LogP contribution in [0.5, 0.6) is 0 Å². The van der Waals surface area contributed by atoms with Gasteiger partial charge >= 0.3 is 0 Å². The van der Waals surface area contributed by atoms with Crippen molar-refractivity contribution < 1.29 is 0 Å². The highest BCUT2D eigenvalue weighted by molar-refractivity contribution is 5.41. The summed E-state index contributed by atoms with van der Waals surface area (Å²) in [6.07, 6.45) is 3.82. The maximum absolute atomic E-state index is 6.06. The molecule has 0 amide bonds. The van der Waals surface area contributed by atoms with E-state index in [1.54, 1.807) is 0 Å². The molecule has 0 bridgehead atoms. The van der Waals surface area contributed by atoms with Crippen molar-refractivity contribution in [3.05, 3.63) is 34.4 Å². The van der Waals surface area contributed by atoms with Crippen LogP contribution in [0.3, 0.4) is 0 Å². The third kappa shape index (κ3) is 1.98. The molecule has 2 heteroatoms. The predicted octanol–water partition coefficient (Wildman–Crippen LogP) is 3.00. The van der Waals surface area contributed by atoms with Gasteiger partial charge in [0.1, 0.15) is 0 Å². The highest BCUT2D eigenvalue weighted by Gasteiger charge is 2.43. The second-order valence-corrected chi connectivity index (χ2v) is 5.86. The van der Waals surface area contributed by atoms with Crippen LogP contribution in [-0.4, -0.2) is 13.6 Å². The van der Waals surface area contributed by atoms with Crippen molar-refractivity contribution in [2.75, 3.05) is 13.6 Å². The molecule has 1 aliphatic rings. The van der Waals surface area contributed by atoms with Crippen LogP contribution in [0, 0.1) is 26.2 Å². The molecule has 0 radical (unpaired) electrons. The molecule has 1 atom stereocenters. The highest BCUT2D eigenvalue weighted by Crippen LogP contribution is 2.50.